The fraction of sp³-hybridized carbons (Fsp3) is 0.462. The van der Waals surface area contributed by atoms with Crippen molar-refractivity contribution in [3.8, 4) is 6.57 Å². The maximum absolute atomic E-state index is 13.7. The van der Waals surface area contributed by atoms with Crippen molar-refractivity contribution >= 4 is 5.91 Å². The number of carbonyl (C=O) groups is 1. The van der Waals surface area contributed by atoms with E-state index in [1.807, 2.05) is 43.9 Å². The predicted molar refractivity (Wildman–Crippen MR) is 121 cm³/mol. The third-order valence-electron chi connectivity index (χ3n) is 6.07. The van der Waals surface area contributed by atoms with Crippen LogP contribution < -0.4 is 0 Å². The molecule has 32 heavy (non-hydrogen) atoms. The van der Waals surface area contributed by atoms with E-state index in [0.717, 1.165) is 17.5 Å². The summed E-state index contributed by atoms with van der Waals surface area (Å²) in [7, 11) is 0. The maximum atomic E-state index is 13.7. The number of hydrogen-bond acceptors (Lipinski definition) is 3. The van der Waals surface area contributed by atoms with Crippen molar-refractivity contribution in [2.75, 3.05) is 13.2 Å². The third kappa shape index (κ3) is 4.69. The molecule has 168 valence electrons. The third-order valence-corrected chi connectivity index (χ3v) is 6.07. The van der Waals surface area contributed by atoms with E-state index in [9.17, 15) is 9.18 Å². The summed E-state index contributed by atoms with van der Waals surface area (Å²) >= 11 is 0. The van der Waals surface area contributed by atoms with Gasteiger partial charge in [-0.1, -0.05) is 41.2 Å². The van der Waals surface area contributed by atoms with Gasteiger partial charge < -0.3 is 14.4 Å². The van der Waals surface area contributed by atoms with Crippen molar-refractivity contribution < 1.29 is 18.7 Å². The zero-order chi connectivity index (χ0) is 22.9. The molecule has 6 heteroatoms. The molecule has 4 atom stereocenters. The minimum absolute atomic E-state index is 0.100. The van der Waals surface area contributed by atoms with Crippen LogP contribution in [0.1, 0.15) is 49.9 Å². The molecule has 0 aliphatic carbocycles. The molecule has 0 N–H and O–H groups in total. The fourth-order valence-corrected chi connectivity index (χ4v) is 4.65. The molecule has 0 radical (unpaired) electrons. The van der Waals surface area contributed by atoms with Gasteiger partial charge in [0.05, 0.1) is 24.7 Å². The Bertz CT molecular complexity index is 1010. The van der Waals surface area contributed by atoms with Crippen molar-refractivity contribution in [3.63, 3.8) is 0 Å². The van der Waals surface area contributed by atoms with Crippen molar-refractivity contribution in [2.45, 2.75) is 63.5 Å². The zero-order valence-electron chi connectivity index (χ0n) is 18.8. The van der Waals surface area contributed by atoms with E-state index in [0.29, 0.717) is 13.0 Å². The van der Waals surface area contributed by atoms with Crippen LogP contribution in [0.15, 0.2) is 48.5 Å². The van der Waals surface area contributed by atoms with Crippen molar-refractivity contribution in [2.24, 2.45) is 0 Å². The number of hydrogen-bond donors (Lipinski definition) is 0. The summed E-state index contributed by atoms with van der Waals surface area (Å²) < 4.78 is 25.6. The Morgan fingerprint density at radius 3 is 2.59 bits per heavy atom. The lowest BCUT2D eigenvalue weighted by molar-refractivity contribution is -0.165. The van der Waals surface area contributed by atoms with Crippen molar-refractivity contribution in [3.05, 3.63) is 75.9 Å². The number of carbonyl (C=O) groups excluding carboxylic acids is 1. The smallest absolute Gasteiger partial charge is 0.302 e. The molecule has 2 heterocycles. The first-order valence-corrected chi connectivity index (χ1v) is 11.1. The predicted octanol–water partition coefficient (Wildman–Crippen LogP) is 4.60. The highest BCUT2D eigenvalue weighted by Gasteiger charge is 2.45. The molecular formula is C26H30FN2O3+. The lowest BCUT2D eigenvalue weighted by atomic mass is 9.87. The molecule has 0 unspecified atom stereocenters. The maximum Gasteiger partial charge on any atom is 0.302 e. The second-order valence-corrected chi connectivity index (χ2v) is 9.48. The van der Waals surface area contributed by atoms with E-state index in [-0.39, 0.29) is 42.1 Å². The number of fused-ring (bicyclic) bond motifs is 1. The summed E-state index contributed by atoms with van der Waals surface area (Å²) in [6, 6.07) is 13.8. The van der Waals surface area contributed by atoms with Gasteiger partial charge in [0.1, 0.15) is 11.9 Å². The summed E-state index contributed by atoms with van der Waals surface area (Å²) in [6.45, 7) is 12.4. The van der Waals surface area contributed by atoms with Gasteiger partial charge in [0.25, 0.3) is 12.5 Å². The number of amides is 1. The normalized spacial score (nSPS) is 25.7. The van der Waals surface area contributed by atoms with E-state index < -0.39 is 6.10 Å². The largest absolute Gasteiger partial charge is 0.365 e. The number of benzene rings is 2. The minimum atomic E-state index is -0.652. The standard InChI is InChI=1S/C26H30FN2O3/c1-26(2,3)32-23-16-31-22(15-21(23)28-4)25(30)29-14-13-17-7-5-6-8-20(17)24(29)18-9-11-19(27)12-10-18/h4-12,21-24H,13-16H2,1-3H3/q+1/t21-,22+,23-,24-/m0/s1. The van der Waals surface area contributed by atoms with E-state index >= 15 is 0 Å². The Morgan fingerprint density at radius 1 is 1.19 bits per heavy atom. The van der Waals surface area contributed by atoms with E-state index in [4.69, 9.17) is 16.0 Å². The Morgan fingerprint density at radius 2 is 1.91 bits per heavy atom. The first-order valence-electron chi connectivity index (χ1n) is 11.1. The first kappa shape index (κ1) is 22.4. The van der Waals surface area contributed by atoms with Gasteiger partial charge in [0.15, 0.2) is 6.10 Å². The second-order valence-electron chi connectivity index (χ2n) is 9.48. The second kappa shape index (κ2) is 9.01. The topological polar surface area (TPSA) is 43.1 Å². The molecule has 1 amide bonds. The minimum Gasteiger partial charge on any atom is -0.365 e. The van der Waals surface area contributed by atoms with Crippen LogP contribution in [-0.4, -0.2) is 47.8 Å². The van der Waals surface area contributed by atoms with Gasteiger partial charge in [-0.3, -0.25) is 4.79 Å². The van der Waals surface area contributed by atoms with Gasteiger partial charge in [-0.2, -0.15) is 0 Å². The Balaban J connectivity index is 1.60. The number of halogens is 1. The molecular weight excluding hydrogens is 407 g/mol. The zero-order valence-corrected chi connectivity index (χ0v) is 18.8. The summed E-state index contributed by atoms with van der Waals surface area (Å²) in [5, 5.41) is 0. The molecule has 0 aromatic heterocycles. The molecule has 2 aromatic rings. The lowest BCUT2D eigenvalue weighted by Gasteiger charge is -2.40. The lowest BCUT2D eigenvalue weighted by Crippen LogP contribution is -2.52. The van der Waals surface area contributed by atoms with Crippen LogP contribution in [0.3, 0.4) is 0 Å². The van der Waals surface area contributed by atoms with Crippen molar-refractivity contribution in [1.82, 2.24) is 4.90 Å². The van der Waals surface area contributed by atoms with Gasteiger partial charge in [0, 0.05) is 6.54 Å². The highest BCUT2D eigenvalue weighted by Crippen LogP contribution is 2.37. The van der Waals surface area contributed by atoms with Crippen LogP contribution in [0.5, 0.6) is 0 Å². The molecule has 4 rings (SSSR count). The van der Waals surface area contributed by atoms with Crippen LogP contribution in [0.4, 0.5) is 4.39 Å². The van der Waals surface area contributed by atoms with Crippen LogP contribution in [0.2, 0.25) is 0 Å². The number of rotatable bonds is 3. The van der Waals surface area contributed by atoms with E-state index in [1.165, 1.54) is 17.7 Å². The van der Waals surface area contributed by atoms with Gasteiger partial charge in [-0.25, -0.2) is 4.39 Å². The van der Waals surface area contributed by atoms with Gasteiger partial charge >= 0.3 is 6.04 Å². The Labute approximate surface area is 189 Å². The number of ether oxygens (including phenoxy) is 2. The molecule has 0 bridgehead atoms. The quantitative estimate of drug-likeness (QED) is 0.705. The first-order chi connectivity index (χ1) is 15.3. The van der Waals surface area contributed by atoms with Crippen LogP contribution in [0.25, 0.3) is 4.85 Å². The average molecular weight is 438 g/mol. The fourth-order valence-electron chi connectivity index (χ4n) is 4.65. The van der Waals surface area contributed by atoms with Gasteiger partial charge in [-0.05, 0) is 56.0 Å². The highest BCUT2D eigenvalue weighted by molar-refractivity contribution is 5.82. The van der Waals surface area contributed by atoms with E-state index in [2.05, 4.69) is 10.9 Å². The Hall–Kier alpha value is -2.75. The molecule has 1 saturated heterocycles. The van der Waals surface area contributed by atoms with Crippen LogP contribution in [-0.2, 0) is 20.7 Å². The molecule has 2 aliphatic rings. The summed E-state index contributed by atoms with van der Waals surface area (Å²) in [4.78, 5) is 19.5. The summed E-state index contributed by atoms with van der Waals surface area (Å²) in [5.74, 6) is -0.402. The SMILES string of the molecule is C#[N+][C@H]1C[C@H](C(=O)N2CCc3ccccc3[C@@H]2c2ccc(F)cc2)OC[C@@H]1OC(C)(C)C. The Kier molecular flexibility index (Phi) is 6.32. The van der Waals surface area contributed by atoms with Gasteiger partial charge in [0.2, 0.25) is 0 Å². The monoisotopic (exact) mass is 437 g/mol. The number of nitrogens with zero attached hydrogens (tertiary/aromatic N) is 2. The molecule has 2 aromatic carbocycles. The molecule has 0 saturated carbocycles. The van der Waals surface area contributed by atoms with E-state index in [1.54, 1.807) is 12.1 Å². The highest BCUT2D eigenvalue weighted by atomic mass is 19.1. The molecule has 0 spiro atoms. The average Bonchev–Trinajstić information content (AvgIpc) is 2.78. The summed E-state index contributed by atoms with van der Waals surface area (Å²) in [6.07, 6.45) is 0.177. The molecule has 1 fully saturated rings. The van der Waals surface area contributed by atoms with Crippen molar-refractivity contribution in [1.29, 1.82) is 0 Å². The molecule has 2 aliphatic heterocycles. The summed E-state index contributed by atoms with van der Waals surface area (Å²) in [5.41, 5.74) is 2.77. The van der Waals surface area contributed by atoms with Crippen LogP contribution in [0, 0.1) is 12.4 Å². The molecule has 5 nitrogen and oxygen atoms in total. The van der Waals surface area contributed by atoms with Gasteiger partial charge in [-0.15, -0.1) is 0 Å². The van der Waals surface area contributed by atoms with Crippen LogP contribution >= 0.6 is 0 Å².